The second kappa shape index (κ2) is 18.9. The number of carbonyl (C=O) groups is 2. The first-order valence-electron chi connectivity index (χ1n) is 16.2. The predicted octanol–water partition coefficient (Wildman–Crippen LogP) is 4.39. The van der Waals surface area contributed by atoms with Gasteiger partial charge in [0.2, 0.25) is 5.95 Å². The molecule has 14 nitrogen and oxygen atoms in total. The van der Waals surface area contributed by atoms with Gasteiger partial charge in [0.25, 0.3) is 5.56 Å². The lowest BCUT2D eigenvalue weighted by Gasteiger charge is -2.51. The van der Waals surface area contributed by atoms with Crippen LogP contribution in [0.15, 0.2) is 10.9 Å². The van der Waals surface area contributed by atoms with Crippen molar-refractivity contribution in [2.24, 2.45) is 0 Å². The summed E-state index contributed by atoms with van der Waals surface area (Å²) in [7, 11) is -5.74. The van der Waals surface area contributed by atoms with Gasteiger partial charge in [0.1, 0.15) is 24.4 Å². The molecule has 1 aliphatic rings. The molecular weight excluding hydrogens is 713 g/mol. The van der Waals surface area contributed by atoms with Crippen LogP contribution in [0.3, 0.4) is 0 Å². The molecule has 0 aliphatic carbocycles. The number of aromatic nitrogens is 2. The maximum atomic E-state index is 13.4. The van der Waals surface area contributed by atoms with Gasteiger partial charge in [0.15, 0.2) is 6.29 Å². The number of amides is 4. The number of anilines is 1. The lowest BCUT2D eigenvalue weighted by Crippen LogP contribution is -2.67. The molecule has 1 aromatic heterocycles. The highest BCUT2D eigenvalue weighted by Crippen LogP contribution is 2.49. The van der Waals surface area contributed by atoms with Gasteiger partial charge in [-0.2, -0.15) is 0 Å². The molecule has 18 heteroatoms. The molecule has 0 saturated carbocycles. The van der Waals surface area contributed by atoms with Crippen LogP contribution in [-0.4, -0.2) is 147 Å². The quantitative estimate of drug-likeness (QED) is 0.136. The van der Waals surface area contributed by atoms with E-state index in [4.69, 9.17) is 21.5 Å². The minimum absolute atomic E-state index is 0.107. The topological polar surface area (TPSA) is 174 Å². The summed E-state index contributed by atoms with van der Waals surface area (Å²) < 4.78 is 32.9. The Labute approximate surface area is 300 Å². The molecule has 5 atom stereocenters. The number of hydrogen-bond donors (Lipinski definition) is 5. The van der Waals surface area contributed by atoms with Crippen LogP contribution >= 0.6 is 41.2 Å². The fraction of sp³-hybridized carbons (Fsp3) is 0.806. The molecule has 290 valence electrons. The van der Waals surface area contributed by atoms with Crippen LogP contribution in [0, 0.1) is 6.92 Å². The number of ether oxygens (including phenoxy) is 1. The largest absolute Gasteiger partial charge is 0.341 e. The molecule has 4 amide bonds. The zero-order valence-electron chi connectivity index (χ0n) is 31.8. The average Bonchev–Trinajstić information content (AvgIpc) is 2.89. The molecule has 2 heterocycles. The number of nitrogens with one attached hydrogen (secondary N) is 5. The van der Waals surface area contributed by atoms with Gasteiger partial charge in [-0.15, -0.1) is 41.2 Å². The van der Waals surface area contributed by atoms with Crippen LogP contribution in [0.25, 0.3) is 0 Å². The summed E-state index contributed by atoms with van der Waals surface area (Å²) >= 11 is 0. The fourth-order valence-electron chi connectivity index (χ4n) is 4.73. The number of aryl methyl sites for hydroxylation is 1. The van der Waals surface area contributed by atoms with Gasteiger partial charge in [-0.1, -0.05) is 12.8 Å². The third-order valence-electron chi connectivity index (χ3n) is 6.49. The molecule has 2 rings (SSSR count). The van der Waals surface area contributed by atoms with Crippen molar-refractivity contribution in [2.75, 3.05) is 100 Å². The fourth-order valence-corrected chi connectivity index (χ4v) is 7.80. The highest BCUT2D eigenvalue weighted by atomic mass is 32.3. The Hall–Kier alpha value is -1.38. The van der Waals surface area contributed by atoms with Crippen LogP contribution in [0.5, 0.6) is 0 Å². The van der Waals surface area contributed by atoms with Gasteiger partial charge in [-0.05, 0) is 94.8 Å². The molecule has 1 unspecified atom stereocenters. The van der Waals surface area contributed by atoms with Gasteiger partial charge in [-0.3, -0.25) is 15.1 Å². The Morgan fingerprint density at radius 1 is 0.776 bits per heavy atom. The third kappa shape index (κ3) is 18.6. The first-order chi connectivity index (χ1) is 22.4. The molecule has 0 bridgehead atoms. The number of urea groups is 2. The van der Waals surface area contributed by atoms with Crippen molar-refractivity contribution in [3.05, 3.63) is 22.1 Å². The van der Waals surface area contributed by atoms with Gasteiger partial charge in [0, 0.05) is 24.8 Å². The van der Waals surface area contributed by atoms with Crippen LogP contribution in [0.2, 0.25) is 0 Å². The Bertz CT molecular complexity index is 1260. The summed E-state index contributed by atoms with van der Waals surface area (Å²) in [6.45, 7) is 2.94. The van der Waals surface area contributed by atoms with Crippen LogP contribution in [0.1, 0.15) is 31.4 Å². The average molecular weight is 777 g/mol. The number of rotatable bonds is 18. The molecule has 0 spiro atoms. The van der Waals surface area contributed by atoms with Gasteiger partial charge in [-0.25, -0.2) is 14.6 Å². The SMILES string of the molecule is Cc1cc(=O)[nH]c(NC(=O)NCCCCCCNC(=O)N[C@H]2C(OS(C)(C)C)O[C@H](COS(C)(C)C)[C@@H](OS(C)(C)C)[C@@H]2OS(C)(C)C)n1. The van der Waals surface area contributed by atoms with Crippen molar-refractivity contribution < 1.29 is 31.1 Å². The minimum atomic E-state index is -1.50. The van der Waals surface area contributed by atoms with E-state index >= 15 is 0 Å². The normalized spacial score (nSPS) is 23.3. The molecule has 1 aliphatic heterocycles. The van der Waals surface area contributed by atoms with Crippen LogP contribution < -0.4 is 26.8 Å². The first-order valence-corrected chi connectivity index (χ1v) is 27.3. The van der Waals surface area contributed by atoms with Gasteiger partial charge < -0.3 is 37.4 Å². The van der Waals surface area contributed by atoms with Crippen molar-refractivity contribution >= 4 is 59.2 Å². The Kier molecular flexibility index (Phi) is 16.9. The number of H-pyrrole nitrogens is 1. The molecule has 1 fully saturated rings. The monoisotopic (exact) mass is 776 g/mol. The van der Waals surface area contributed by atoms with E-state index in [1.165, 1.54) is 6.07 Å². The van der Waals surface area contributed by atoms with Crippen molar-refractivity contribution in [1.29, 1.82) is 0 Å². The molecule has 5 N–H and O–H groups in total. The number of carbonyl (C=O) groups excluding carboxylic acids is 2. The summed E-state index contributed by atoms with van der Waals surface area (Å²) in [5.74, 6) is 0.107. The van der Waals surface area contributed by atoms with Gasteiger partial charge >= 0.3 is 12.1 Å². The van der Waals surface area contributed by atoms with E-state index in [0.29, 0.717) is 25.4 Å². The number of hydrogen-bond acceptors (Lipinski definition) is 9. The lowest BCUT2D eigenvalue weighted by atomic mass is 9.97. The Morgan fingerprint density at radius 2 is 1.31 bits per heavy atom. The number of nitrogens with zero attached hydrogens (tertiary/aromatic N) is 1. The summed E-state index contributed by atoms with van der Waals surface area (Å²) in [5.41, 5.74) is 0.188. The van der Waals surface area contributed by atoms with E-state index in [1.807, 2.05) is 18.8 Å². The second-order valence-corrected chi connectivity index (χ2v) is 29.5. The van der Waals surface area contributed by atoms with E-state index < -0.39 is 77.9 Å². The zero-order valence-corrected chi connectivity index (χ0v) is 35.0. The van der Waals surface area contributed by atoms with E-state index in [1.54, 1.807) is 6.92 Å². The Balaban J connectivity index is 2.01. The summed E-state index contributed by atoms with van der Waals surface area (Å²) in [5, 5.41) is 11.4. The number of aromatic amines is 1. The van der Waals surface area contributed by atoms with Gasteiger partial charge in [0.05, 0.1) is 6.61 Å². The highest BCUT2D eigenvalue weighted by molar-refractivity contribution is 8.29. The van der Waals surface area contributed by atoms with Crippen molar-refractivity contribution in [3.63, 3.8) is 0 Å². The molecule has 49 heavy (non-hydrogen) atoms. The van der Waals surface area contributed by atoms with Crippen LogP contribution in [0.4, 0.5) is 15.5 Å². The minimum Gasteiger partial charge on any atom is -0.341 e. The summed E-state index contributed by atoms with van der Waals surface area (Å²) in [6.07, 6.45) is 25.8. The maximum Gasteiger partial charge on any atom is 0.321 e. The van der Waals surface area contributed by atoms with E-state index in [0.717, 1.165) is 25.7 Å². The smallest absolute Gasteiger partial charge is 0.321 e. The maximum absolute atomic E-state index is 13.4. The van der Waals surface area contributed by atoms with Crippen molar-refractivity contribution in [1.82, 2.24) is 25.9 Å². The molecule has 1 aromatic rings. The summed E-state index contributed by atoms with van der Waals surface area (Å²) in [4.78, 5) is 43.6. The van der Waals surface area contributed by atoms with Crippen molar-refractivity contribution in [2.45, 2.75) is 63.3 Å². The predicted molar refractivity (Wildman–Crippen MR) is 212 cm³/mol. The summed E-state index contributed by atoms with van der Waals surface area (Å²) in [6, 6.07) is -0.0480. The molecule has 0 radical (unpaired) electrons. The zero-order chi connectivity index (χ0) is 37.2. The molecular formula is C31H64N6O8S4. The van der Waals surface area contributed by atoms with Crippen LogP contribution in [-0.2, 0) is 21.5 Å². The second-order valence-electron chi connectivity index (χ2n) is 14.9. The van der Waals surface area contributed by atoms with E-state index in [9.17, 15) is 14.4 Å². The Morgan fingerprint density at radius 3 is 1.82 bits per heavy atom. The number of unbranched alkanes of at least 4 members (excludes halogenated alkanes) is 3. The van der Waals surface area contributed by atoms with E-state index in [-0.39, 0.29) is 17.5 Å². The molecule has 1 saturated heterocycles. The highest BCUT2D eigenvalue weighted by Gasteiger charge is 2.52. The standard InChI is InChI=1S/C31H64N6O8S4/c1-22-20-24(38)35-29(34-22)37-31(40)33-19-17-15-14-16-18-32-30(39)36-25-27(44-48(8,9)10)26(43-47(5,6)7)23(21-41-46(2,3)4)42-28(25)45-49(11,12)13/h20,23,25-28H,14-19,21H2,1-13H3,(H2,32,36,39)(H3,33,34,35,37,38,40)/t23-,25-,26-,27-,28?/m1/s1. The first kappa shape index (κ1) is 43.8. The molecule has 0 aromatic carbocycles. The van der Waals surface area contributed by atoms with E-state index in [2.05, 4.69) is 87.5 Å². The van der Waals surface area contributed by atoms with Crippen molar-refractivity contribution in [3.8, 4) is 0 Å². The third-order valence-corrected chi connectivity index (χ3v) is 9.70. The lowest BCUT2D eigenvalue weighted by molar-refractivity contribution is -0.224.